The number of carbonyl (C=O) groups excluding carboxylic acids is 1. The van der Waals surface area contributed by atoms with Gasteiger partial charge in [0.15, 0.2) is 0 Å². The molecule has 1 heterocycles. The smallest absolute Gasteiger partial charge is 0.226 e. The molecular weight excluding hydrogens is 314 g/mol. The van der Waals surface area contributed by atoms with E-state index in [2.05, 4.69) is 5.32 Å². The van der Waals surface area contributed by atoms with Crippen LogP contribution < -0.4 is 10.1 Å². The molecule has 4 aliphatic carbocycles. The number of aliphatic hydroxyl groups is 1. The molecule has 4 heteroatoms. The summed E-state index contributed by atoms with van der Waals surface area (Å²) < 4.78 is 5.65. The average molecular weight is 341 g/mol. The summed E-state index contributed by atoms with van der Waals surface area (Å²) in [7, 11) is 0. The van der Waals surface area contributed by atoms with Gasteiger partial charge in [-0.3, -0.25) is 4.79 Å². The highest BCUT2D eigenvalue weighted by molar-refractivity contribution is 5.83. The van der Waals surface area contributed by atoms with E-state index in [1.54, 1.807) is 0 Å². The molecule has 2 N–H and O–H groups in total. The number of para-hydroxylation sites is 1. The van der Waals surface area contributed by atoms with Crippen molar-refractivity contribution >= 4 is 5.91 Å². The van der Waals surface area contributed by atoms with Crippen LogP contribution in [0.1, 0.15) is 50.5 Å². The number of hydrogen-bond acceptors (Lipinski definition) is 3. The highest BCUT2D eigenvalue weighted by Crippen LogP contribution is 2.60. The van der Waals surface area contributed by atoms with Crippen LogP contribution in [0, 0.1) is 23.2 Å². The van der Waals surface area contributed by atoms with Crippen LogP contribution in [-0.4, -0.2) is 24.2 Å². The van der Waals surface area contributed by atoms with Crippen molar-refractivity contribution in [2.75, 3.05) is 13.2 Å². The number of rotatable bonds is 3. The fourth-order valence-electron chi connectivity index (χ4n) is 6.43. The third-order valence-corrected chi connectivity index (χ3v) is 7.22. The minimum Gasteiger partial charge on any atom is -0.493 e. The lowest BCUT2D eigenvalue weighted by molar-refractivity contribution is -0.147. The van der Waals surface area contributed by atoms with E-state index in [0.29, 0.717) is 13.0 Å². The van der Waals surface area contributed by atoms with Crippen LogP contribution in [0.25, 0.3) is 0 Å². The van der Waals surface area contributed by atoms with Crippen molar-refractivity contribution in [1.82, 2.24) is 5.32 Å². The molecule has 1 aromatic rings. The summed E-state index contributed by atoms with van der Waals surface area (Å²) >= 11 is 0. The molecule has 0 radical (unpaired) electrons. The van der Waals surface area contributed by atoms with Crippen molar-refractivity contribution in [1.29, 1.82) is 0 Å². The minimum atomic E-state index is -1.02. The zero-order valence-corrected chi connectivity index (χ0v) is 14.7. The van der Waals surface area contributed by atoms with Gasteiger partial charge in [0.1, 0.15) is 11.4 Å². The first kappa shape index (κ1) is 15.7. The Morgan fingerprint density at radius 2 is 1.76 bits per heavy atom. The van der Waals surface area contributed by atoms with Crippen molar-refractivity contribution in [2.24, 2.45) is 23.2 Å². The first-order valence-electron chi connectivity index (χ1n) is 9.79. The minimum absolute atomic E-state index is 0.157. The molecule has 4 fully saturated rings. The number of benzene rings is 1. The second-order valence-corrected chi connectivity index (χ2v) is 9.01. The van der Waals surface area contributed by atoms with Gasteiger partial charge in [-0.2, -0.15) is 0 Å². The normalized spacial score (nSPS) is 41.1. The summed E-state index contributed by atoms with van der Waals surface area (Å²) in [5.74, 6) is 3.18. The Morgan fingerprint density at radius 3 is 2.44 bits per heavy atom. The summed E-state index contributed by atoms with van der Waals surface area (Å²) in [5, 5.41) is 14.3. The van der Waals surface area contributed by atoms with Crippen LogP contribution in [0.15, 0.2) is 24.3 Å². The van der Waals surface area contributed by atoms with Crippen LogP contribution in [-0.2, 0) is 10.4 Å². The summed E-state index contributed by atoms with van der Waals surface area (Å²) in [6.07, 6.45) is 7.70. The fourth-order valence-corrected chi connectivity index (χ4v) is 6.43. The van der Waals surface area contributed by atoms with Gasteiger partial charge in [0.05, 0.1) is 13.2 Å². The molecule has 5 aliphatic rings. The zero-order valence-electron chi connectivity index (χ0n) is 14.7. The Hall–Kier alpha value is -1.55. The SMILES string of the molecule is O=C(NC[C@@]1(O)CCOc2ccccc21)C12CC3CC(CC(C3)C1)C2. The Labute approximate surface area is 149 Å². The number of amides is 1. The van der Waals surface area contributed by atoms with E-state index in [9.17, 15) is 9.90 Å². The number of fused-ring (bicyclic) bond motifs is 1. The summed E-state index contributed by atoms with van der Waals surface area (Å²) in [6, 6.07) is 7.63. The standard InChI is InChI=1S/C21H27NO3/c23-19(20-10-14-7-15(11-20)9-16(8-14)12-20)22-13-21(24)5-6-25-18-4-2-1-3-17(18)21/h1-4,14-16,24H,5-13H2,(H,22,23)/t14?,15?,16?,20?,21-/m0/s1. The van der Waals surface area contributed by atoms with E-state index in [4.69, 9.17) is 4.74 Å². The van der Waals surface area contributed by atoms with Gasteiger partial charge in [0.25, 0.3) is 0 Å². The highest BCUT2D eigenvalue weighted by atomic mass is 16.5. The third kappa shape index (κ3) is 2.49. The van der Waals surface area contributed by atoms with Crippen LogP contribution >= 0.6 is 0 Å². The maximum absolute atomic E-state index is 13.1. The van der Waals surface area contributed by atoms with E-state index in [1.807, 2.05) is 24.3 Å². The molecule has 0 aromatic heterocycles. The summed E-state index contributed by atoms with van der Waals surface area (Å²) in [6.45, 7) is 0.773. The maximum atomic E-state index is 13.1. The number of carbonyl (C=O) groups is 1. The van der Waals surface area contributed by atoms with Gasteiger partial charge in [-0.15, -0.1) is 0 Å². The predicted octanol–water partition coefficient (Wildman–Crippen LogP) is 2.99. The molecule has 4 nitrogen and oxygen atoms in total. The van der Waals surface area contributed by atoms with E-state index in [-0.39, 0.29) is 17.9 Å². The monoisotopic (exact) mass is 341 g/mol. The first-order valence-corrected chi connectivity index (χ1v) is 9.79. The average Bonchev–Trinajstić information content (AvgIpc) is 2.59. The zero-order chi connectivity index (χ0) is 17.1. The van der Waals surface area contributed by atoms with Crippen LogP contribution in [0.4, 0.5) is 0 Å². The lowest BCUT2D eigenvalue weighted by Crippen LogP contribution is -2.55. The molecule has 0 saturated heterocycles. The lowest BCUT2D eigenvalue weighted by atomic mass is 9.49. The van der Waals surface area contributed by atoms with E-state index in [0.717, 1.165) is 48.3 Å². The van der Waals surface area contributed by atoms with Crippen molar-refractivity contribution in [3.05, 3.63) is 29.8 Å². The molecule has 25 heavy (non-hydrogen) atoms. The summed E-state index contributed by atoms with van der Waals surface area (Å²) in [5.41, 5.74) is -0.380. The van der Waals surface area contributed by atoms with Gasteiger partial charge in [0, 0.05) is 17.4 Å². The van der Waals surface area contributed by atoms with Gasteiger partial charge >= 0.3 is 0 Å². The van der Waals surface area contributed by atoms with Crippen molar-refractivity contribution in [3.8, 4) is 5.75 Å². The molecule has 0 spiro atoms. The molecule has 134 valence electrons. The Morgan fingerprint density at radius 1 is 1.12 bits per heavy atom. The molecular formula is C21H27NO3. The van der Waals surface area contributed by atoms with Gasteiger partial charge in [-0.05, 0) is 62.3 Å². The fraction of sp³-hybridized carbons (Fsp3) is 0.667. The van der Waals surface area contributed by atoms with Gasteiger partial charge in [0.2, 0.25) is 5.91 Å². The van der Waals surface area contributed by atoms with Crippen LogP contribution in [0.5, 0.6) is 5.75 Å². The van der Waals surface area contributed by atoms with E-state index >= 15 is 0 Å². The number of nitrogens with one attached hydrogen (secondary N) is 1. The van der Waals surface area contributed by atoms with Gasteiger partial charge in [-0.25, -0.2) is 0 Å². The molecule has 1 atom stereocenters. The van der Waals surface area contributed by atoms with Crippen molar-refractivity contribution in [3.63, 3.8) is 0 Å². The molecule has 6 rings (SSSR count). The molecule has 1 amide bonds. The number of ether oxygens (including phenoxy) is 1. The topological polar surface area (TPSA) is 58.6 Å². The molecule has 1 aromatic carbocycles. The summed E-state index contributed by atoms with van der Waals surface area (Å²) in [4.78, 5) is 13.1. The van der Waals surface area contributed by atoms with Gasteiger partial charge in [-0.1, -0.05) is 18.2 Å². The molecule has 4 bridgehead atoms. The Balaban J connectivity index is 1.33. The Kier molecular flexibility index (Phi) is 3.43. The van der Waals surface area contributed by atoms with E-state index < -0.39 is 5.60 Å². The lowest BCUT2D eigenvalue weighted by Gasteiger charge is -2.55. The van der Waals surface area contributed by atoms with Crippen molar-refractivity contribution < 1.29 is 14.6 Å². The number of hydrogen-bond donors (Lipinski definition) is 2. The van der Waals surface area contributed by atoms with E-state index in [1.165, 1.54) is 19.3 Å². The van der Waals surface area contributed by atoms with Crippen LogP contribution in [0.2, 0.25) is 0 Å². The Bertz CT molecular complexity index is 665. The maximum Gasteiger partial charge on any atom is 0.226 e. The van der Waals surface area contributed by atoms with Crippen LogP contribution in [0.3, 0.4) is 0 Å². The van der Waals surface area contributed by atoms with Gasteiger partial charge < -0.3 is 15.2 Å². The third-order valence-electron chi connectivity index (χ3n) is 7.22. The second kappa shape index (κ2) is 5.47. The first-order chi connectivity index (χ1) is 12.1. The quantitative estimate of drug-likeness (QED) is 0.888. The van der Waals surface area contributed by atoms with Crippen molar-refractivity contribution in [2.45, 2.75) is 50.5 Å². The molecule has 1 aliphatic heterocycles. The largest absolute Gasteiger partial charge is 0.493 e. The highest BCUT2D eigenvalue weighted by Gasteiger charge is 2.54. The predicted molar refractivity (Wildman–Crippen MR) is 94.1 cm³/mol. The molecule has 0 unspecified atom stereocenters. The molecule has 4 saturated carbocycles. The second-order valence-electron chi connectivity index (χ2n) is 9.01.